The van der Waals surface area contributed by atoms with E-state index < -0.39 is 11.9 Å². The van der Waals surface area contributed by atoms with Crippen LogP contribution in [0.5, 0.6) is 0 Å². The van der Waals surface area contributed by atoms with Gasteiger partial charge in [0.2, 0.25) is 0 Å². The van der Waals surface area contributed by atoms with Crippen molar-refractivity contribution >= 4 is 35.0 Å². The van der Waals surface area contributed by atoms with E-state index in [1.807, 2.05) is 7.05 Å². The predicted octanol–water partition coefficient (Wildman–Crippen LogP) is 5.24. The third-order valence-electron chi connectivity index (χ3n) is 4.64. The number of nitrogens with zero attached hydrogens (tertiary/aromatic N) is 2. The van der Waals surface area contributed by atoms with Crippen LogP contribution in [0.2, 0.25) is 10.0 Å². The lowest BCUT2D eigenvalue weighted by Gasteiger charge is -2.25. The van der Waals surface area contributed by atoms with E-state index in [-0.39, 0.29) is 5.92 Å². The number of benzene rings is 2. The van der Waals surface area contributed by atoms with Crippen molar-refractivity contribution in [3.05, 3.63) is 52.3 Å². The van der Waals surface area contributed by atoms with Crippen molar-refractivity contribution in [2.24, 2.45) is 5.92 Å². The van der Waals surface area contributed by atoms with Gasteiger partial charge in [-0.15, -0.1) is 0 Å². The molecule has 1 saturated heterocycles. The van der Waals surface area contributed by atoms with Gasteiger partial charge >= 0.3 is 6.09 Å². The summed E-state index contributed by atoms with van der Waals surface area (Å²) in [5.41, 5.74) is 1.52. The molecule has 1 heterocycles. The minimum Gasteiger partial charge on any atom is -0.465 e. The number of likely N-dealkylation sites (tertiary alicyclic amines) is 1. The first-order valence-electron chi connectivity index (χ1n) is 8.29. The molecule has 3 rings (SSSR count). The van der Waals surface area contributed by atoms with Crippen molar-refractivity contribution in [3.8, 4) is 11.1 Å². The Balaban J connectivity index is 2.01. The SMILES string of the molecule is CN1CCC(CN(C(=O)O)c2ccc(F)cc2-c2ccc(Cl)c(Cl)c2)C1. The lowest BCUT2D eigenvalue weighted by molar-refractivity contribution is 0.200. The Morgan fingerprint density at radius 1 is 1.27 bits per heavy atom. The van der Waals surface area contributed by atoms with Crippen molar-refractivity contribution in [1.82, 2.24) is 4.90 Å². The smallest absolute Gasteiger partial charge is 0.411 e. The Hall–Kier alpha value is -1.82. The Morgan fingerprint density at radius 2 is 2.04 bits per heavy atom. The molecule has 0 bridgehead atoms. The second kappa shape index (κ2) is 7.82. The Labute approximate surface area is 161 Å². The summed E-state index contributed by atoms with van der Waals surface area (Å²) < 4.78 is 13.9. The van der Waals surface area contributed by atoms with Crippen LogP contribution < -0.4 is 4.90 Å². The van der Waals surface area contributed by atoms with Gasteiger partial charge in [-0.1, -0.05) is 29.3 Å². The van der Waals surface area contributed by atoms with Crippen LogP contribution in [0.25, 0.3) is 11.1 Å². The highest BCUT2D eigenvalue weighted by atomic mass is 35.5. The zero-order chi connectivity index (χ0) is 18.8. The third-order valence-corrected chi connectivity index (χ3v) is 5.38. The van der Waals surface area contributed by atoms with Gasteiger partial charge in [0, 0.05) is 18.7 Å². The van der Waals surface area contributed by atoms with Crippen LogP contribution in [0.15, 0.2) is 36.4 Å². The molecule has 0 saturated carbocycles. The Morgan fingerprint density at radius 3 is 2.65 bits per heavy atom. The fourth-order valence-corrected chi connectivity index (χ4v) is 3.65. The van der Waals surface area contributed by atoms with Crippen LogP contribution in [-0.4, -0.2) is 42.8 Å². The Kier molecular flexibility index (Phi) is 5.70. The van der Waals surface area contributed by atoms with E-state index in [2.05, 4.69) is 4.90 Å². The summed E-state index contributed by atoms with van der Waals surface area (Å²) in [4.78, 5) is 15.4. The normalized spacial score (nSPS) is 17.5. The van der Waals surface area contributed by atoms with Crippen LogP contribution >= 0.6 is 23.2 Å². The molecule has 0 aromatic heterocycles. The molecule has 1 aliphatic heterocycles. The third kappa shape index (κ3) is 4.11. The second-order valence-electron chi connectivity index (χ2n) is 6.60. The molecule has 4 nitrogen and oxygen atoms in total. The monoisotopic (exact) mass is 396 g/mol. The van der Waals surface area contributed by atoms with Crippen molar-refractivity contribution < 1.29 is 14.3 Å². The molecule has 0 radical (unpaired) electrons. The van der Waals surface area contributed by atoms with Crippen LogP contribution in [0, 0.1) is 11.7 Å². The molecule has 1 atom stereocenters. The number of carbonyl (C=O) groups is 1. The number of rotatable bonds is 4. The molecular formula is C19H19Cl2FN2O2. The number of carboxylic acid groups (broad SMARTS) is 1. The van der Waals surface area contributed by atoms with E-state index in [0.29, 0.717) is 33.4 Å². The number of anilines is 1. The van der Waals surface area contributed by atoms with Gasteiger partial charge in [0.05, 0.1) is 15.7 Å². The van der Waals surface area contributed by atoms with Gasteiger partial charge in [0.25, 0.3) is 0 Å². The highest BCUT2D eigenvalue weighted by Gasteiger charge is 2.27. The van der Waals surface area contributed by atoms with E-state index in [9.17, 15) is 14.3 Å². The van der Waals surface area contributed by atoms with Crippen molar-refractivity contribution in [3.63, 3.8) is 0 Å². The summed E-state index contributed by atoms with van der Waals surface area (Å²) in [6.45, 7) is 2.15. The first-order chi connectivity index (χ1) is 12.3. The number of hydrogen-bond donors (Lipinski definition) is 1. The van der Waals surface area contributed by atoms with E-state index in [1.54, 1.807) is 18.2 Å². The highest BCUT2D eigenvalue weighted by molar-refractivity contribution is 6.42. The van der Waals surface area contributed by atoms with Gasteiger partial charge in [0.1, 0.15) is 5.82 Å². The standard InChI is InChI=1S/C19H19Cl2FN2O2/c1-23-7-6-12(10-23)11-24(19(25)26)18-5-3-14(22)9-15(18)13-2-4-16(20)17(21)8-13/h2-5,8-9,12H,6-7,10-11H2,1H3,(H,25,26). The van der Waals surface area contributed by atoms with Crippen LogP contribution in [0.1, 0.15) is 6.42 Å². The number of hydrogen-bond acceptors (Lipinski definition) is 2. The summed E-state index contributed by atoms with van der Waals surface area (Å²) in [6, 6.07) is 9.03. The minimum atomic E-state index is -1.06. The quantitative estimate of drug-likeness (QED) is 0.768. The maximum absolute atomic E-state index is 13.9. The first kappa shape index (κ1) is 19.0. The number of amides is 1. The summed E-state index contributed by atoms with van der Waals surface area (Å²) in [5.74, 6) is -0.205. The molecule has 7 heteroatoms. The molecule has 0 aliphatic carbocycles. The van der Waals surface area contributed by atoms with Gasteiger partial charge < -0.3 is 10.0 Å². The molecule has 138 valence electrons. The molecule has 1 unspecified atom stereocenters. The average molecular weight is 397 g/mol. The lowest BCUT2D eigenvalue weighted by Crippen LogP contribution is -2.35. The first-order valence-corrected chi connectivity index (χ1v) is 9.04. The minimum absolute atomic E-state index is 0.239. The van der Waals surface area contributed by atoms with Crippen LogP contribution in [0.4, 0.5) is 14.9 Å². The van der Waals surface area contributed by atoms with Gasteiger partial charge in [-0.2, -0.15) is 0 Å². The molecule has 1 N–H and O–H groups in total. The highest BCUT2D eigenvalue weighted by Crippen LogP contribution is 2.36. The van der Waals surface area contributed by atoms with E-state index in [1.165, 1.54) is 23.1 Å². The largest absolute Gasteiger partial charge is 0.465 e. The fraction of sp³-hybridized carbons (Fsp3) is 0.316. The van der Waals surface area contributed by atoms with Gasteiger partial charge in [-0.25, -0.2) is 9.18 Å². The number of halogens is 3. The average Bonchev–Trinajstić information content (AvgIpc) is 3.00. The van der Waals surface area contributed by atoms with E-state index >= 15 is 0 Å². The topological polar surface area (TPSA) is 43.8 Å². The van der Waals surface area contributed by atoms with Crippen LogP contribution in [-0.2, 0) is 0 Å². The molecule has 2 aromatic rings. The molecule has 1 aliphatic rings. The molecule has 1 fully saturated rings. The van der Waals surface area contributed by atoms with Crippen molar-refractivity contribution in [2.75, 3.05) is 31.6 Å². The summed E-state index contributed by atoms with van der Waals surface area (Å²) in [7, 11) is 2.02. The van der Waals surface area contributed by atoms with Crippen molar-refractivity contribution in [1.29, 1.82) is 0 Å². The molecular weight excluding hydrogens is 378 g/mol. The summed E-state index contributed by atoms with van der Waals surface area (Å²) in [5, 5.41) is 10.5. The van der Waals surface area contributed by atoms with E-state index in [4.69, 9.17) is 23.2 Å². The molecule has 26 heavy (non-hydrogen) atoms. The van der Waals surface area contributed by atoms with Gasteiger partial charge in [0.15, 0.2) is 0 Å². The van der Waals surface area contributed by atoms with Gasteiger partial charge in [-0.3, -0.25) is 4.90 Å². The fourth-order valence-electron chi connectivity index (χ4n) is 3.35. The maximum atomic E-state index is 13.9. The predicted molar refractivity (Wildman–Crippen MR) is 103 cm³/mol. The van der Waals surface area contributed by atoms with E-state index in [0.717, 1.165) is 19.5 Å². The summed E-state index contributed by atoms with van der Waals surface area (Å²) in [6.07, 6.45) is -0.128. The zero-order valence-electron chi connectivity index (χ0n) is 14.3. The zero-order valence-corrected chi connectivity index (χ0v) is 15.8. The maximum Gasteiger partial charge on any atom is 0.411 e. The molecule has 0 spiro atoms. The lowest BCUT2D eigenvalue weighted by atomic mass is 10.0. The molecule has 2 aromatic carbocycles. The summed E-state index contributed by atoms with van der Waals surface area (Å²) >= 11 is 12.1. The molecule has 1 amide bonds. The van der Waals surface area contributed by atoms with Crippen LogP contribution in [0.3, 0.4) is 0 Å². The van der Waals surface area contributed by atoms with Crippen molar-refractivity contribution in [2.45, 2.75) is 6.42 Å². The Bertz CT molecular complexity index is 831. The van der Waals surface area contributed by atoms with Gasteiger partial charge in [-0.05, 0) is 61.8 Å². The second-order valence-corrected chi connectivity index (χ2v) is 7.41.